The molecule has 0 fully saturated rings. The highest BCUT2D eigenvalue weighted by Crippen LogP contribution is 2.16. The second kappa shape index (κ2) is 8.80. The van der Waals surface area contributed by atoms with Crippen LogP contribution in [-0.2, 0) is 16.0 Å². The highest BCUT2D eigenvalue weighted by atomic mass is 16.5. The van der Waals surface area contributed by atoms with Crippen molar-refractivity contribution in [3.05, 3.63) is 59.7 Å². The van der Waals surface area contributed by atoms with Gasteiger partial charge in [-0.1, -0.05) is 12.1 Å². The third-order valence-corrected chi connectivity index (χ3v) is 3.81. The standard InChI is InChI=1S/C20H22N2O4/c1-13(23)3-4-15-5-11-18(12-6-15)26-14(2)20(25)22-17-9-7-16(8-10-17)19(21)24/h5-12,14H,3-4H2,1-2H3,(H2,21,24)(H,22,25)/t14-/m1/s1. The quantitative estimate of drug-likeness (QED) is 0.761. The van der Waals surface area contributed by atoms with Crippen molar-refractivity contribution >= 4 is 23.3 Å². The summed E-state index contributed by atoms with van der Waals surface area (Å²) in [5, 5.41) is 2.72. The number of anilines is 1. The van der Waals surface area contributed by atoms with Gasteiger partial charge < -0.3 is 20.6 Å². The smallest absolute Gasteiger partial charge is 0.265 e. The molecule has 3 N–H and O–H groups in total. The molecular formula is C20H22N2O4. The monoisotopic (exact) mass is 354 g/mol. The summed E-state index contributed by atoms with van der Waals surface area (Å²) in [6.45, 7) is 3.22. The Morgan fingerprint density at radius 1 is 1.04 bits per heavy atom. The fraction of sp³-hybridized carbons (Fsp3) is 0.250. The van der Waals surface area contributed by atoms with Crippen molar-refractivity contribution in [3.8, 4) is 5.75 Å². The summed E-state index contributed by atoms with van der Waals surface area (Å²) < 4.78 is 5.64. The van der Waals surface area contributed by atoms with E-state index in [1.165, 1.54) is 0 Å². The molecular weight excluding hydrogens is 332 g/mol. The van der Waals surface area contributed by atoms with Crippen LogP contribution < -0.4 is 15.8 Å². The summed E-state index contributed by atoms with van der Waals surface area (Å²) in [6, 6.07) is 13.6. The van der Waals surface area contributed by atoms with Gasteiger partial charge in [0.1, 0.15) is 11.5 Å². The number of carbonyl (C=O) groups is 3. The van der Waals surface area contributed by atoms with Gasteiger partial charge in [-0.2, -0.15) is 0 Å². The molecule has 0 bridgehead atoms. The van der Waals surface area contributed by atoms with E-state index in [0.717, 1.165) is 5.56 Å². The number of aryl methyl sites for hydroxylation is 1. The minimum atomic E-state index is -0.700. The summed E-state index contributed by atoms with van der Waals surface area (Å²) in [5.74, 6) is -0.105. The molecule has 0 aliphatic carbocycles. The van der Waals surface area contributed by atoms with Crippen molar-refractivity contribution < 1.29 is 19.1 Å². The molecule has 0 aliphatic heterocycles. The molecule has 0 saturated heterocycles. The van der Waals surface area contributed by atoms with E-state index >= 15 is 0 Å². The van der Waals surface area contributed by atoms with Gasteiger partial charge in [-0.05, 0) is 62.2 Å². The van der Waals surface area contributed by atoms with Gasteiger partial charge in [0.15, 0.2) is 6.10 Å². The predicted octanol–water partition coefficient (Wildman–Crippen LogP) is 2.71. The lowest BCUT2D eigenvalue weighted by atomic mass is 10.1. The molecule has 26 heavy (non-hydrogen) atoms. The summed E-state index contributed by atoms with van der Waals surface area (Å²) in [4.78, 5) is 34.3. The zero-order valence-corrected chi connectivity index (χ0v) is 14.8. The van der Waals surface area contributed by atoms with Gasteiger partial charge >= 0.3 is 0 Å². The topological polar surface area (TPSA) is 98.5 Å². The van der Waals surface area contributed by atoms with Crippen molar-refractivity contribution in [2.75, 3.05) is 5.32 Å². The molecule has 0 spiro atoms. The minimum Gasteiger partial charge on any atom is -0.481 e. The van der Waals surface area contributed by atoms with E-state index in [1.807, 2.05) is 12.1 Å². The van der Waals surface area contributed by atoms with E-state index in [4.69, 9.17) is 10.5 Å². The maximum absolute atomic E-state index is 12.2. The van der Waals surface area contributed by atoms with Crippen LogP contribution >= 0.6 is 0 Å². The number of hydrogen-bond donors (Lipinski definition) is 2. The number of nitrogens with two attached hydrogens (primary N) is 1. The molecule has 0 unspecified atom stereocenters. The van der Waals surface area contributed by atoms with Gasteiger partial charge in [-0.25, -0.2) is 0 Å². The van der Waals surface area contributed by atoms with Gasteiger partial charge in [0.05, 0.1) is 0 Å². The zero-order valence-electron chi connectivity index (χ0n) is 14.8. The Labute approximate surface area is 152 Å². The molecule has 2 aromatic rings. The predicted molar refractivity (Wildman–Crippen MR) is 99.1 cm³/mol. The van der Waals surface area contributed by atoms with Gasteiger partial charge in [0.25, 0.3) is 5.91 Å². The summed E-state index contributed by atoms with van der Waals surface area (Å²) in [7, 11) is 0. The van der Waals surface area contributed by atoms with E-state index in [9.17, 15) is 14.4 Å². The van der Waals surface area contributed by atoms with Gasteiger partial charge in [-0.3, -0.25) is 9.59 Å². The number of benzene rings is 2. The summed E-state index contributed by atoms with van der Waals surface area (Å²) >= 11 is 0. The molecule has 0 aliphatic rings. The first-order valence-corrected chi connectivity index (χ1v) is 8.31. The molecule has 0 radical (unpaired) electrons. The first kappa shape index (κ1) is 19.2. The number of ketones is 1. The molecule has 1 atom stereocenters. The van der Waals surface area contributed by atoms with Crippen molar-refractivity contribution in [3.63, 3.8) is 0 Å². The highest BCUT2D eigenvalue weighted by molar-refractivity contribution is 5.96. The fourth-order valence-electron chi connectivity index (χ4n) is 2.27. The lowest BCUT2D eigenvalue weighted by Gasteiger charge is -2.15. The Hall–Kier alpha value is -3.15. The molecule has 136 valence electrons. The summed E-state index contributed by atoms with van der Waals surface area (Å²) in [6.07, 6.45) is 0.495. The Morgan fingerprint density at radius 3 is 2.19 bits per heavy atom. The van der Waals surface area contributed by atoms with Crippen LogP contribution in [-0.4, -0.2) is 23.7 Å². The van der Waals surface area contributed by atoms with Gasteiger partial charge in [-0.15, -0.1) is 0 Å². The van der Waals surface area contributed by atoms with Crippen molar-refractivity contribution in [2.24, 2.45) is 5.73 Å². The van der Waals surface area contributed by atoms with E-state index in [-0.39, 0.29) is 11.7 Å². The first-order valence-electron chi connectivity index (χ1n) is 8.31. The minimum absolute atomic E-state index is 0.152. The lowest BCUT2D eigenvalue weighted by molar-refractivity contribution is -0.122. The van der Waals surface area contributed by atoms with Crippen LogP contribution in [0.1, 0.15) is 36.2 Å². The average molecular weight is 354 g/mol. The third kappa shape index (κ3) is 5.73. The van der Waals surface area contributed by atoms with Crippen molar-refractivity contribution in [1.82, 2.24) is 0 Å². The number of amides is 2. The van der Waals surface area contributed by atoms with Gasteiger partial charge in [0.2, 0.25) is 5.91 Å². The van der Waals surface area contributed by atoms with Crippen LogP contribution in [0.25, 0.3) is 0 Å². The van der Waals surface area contributed by atoms with Crippen LogP contribution in [0, 0.1) is 0 Å². The van der Waals surface area contributed by atoms with E-state index in [2.05, 4.69) is 5.32 Å². The highest BCUT2D eigenvalue weighted by Gasteiger charge is 2.15. The number of ether oxygens (including phenoxy) is 1. The molecule has 0 heterocycles. The maximum Gasteiger partial charge on any atom is 0.265 e. The maximum atomic E-state index is 12.2. The second-order valence-corrected chi connectivity index (χ2v) is 6.04. The molecule has 0 saturated carbocycles. The van der Waals surface area contributed by atoms with Crippen LogP contribution in [0.3, 0.4) is 0 Å². The fourth-order valence-corrected chi connectivity index (χ4v) is 2.27. The van der Waals surface area contributed by atoms with Crippen LogP contribution in [0.5, 0.6) is 5.75 Å². The van der Waals surface area contributed by atoms with E-state index < -0.39 is 12.0 Å². The number of hydrogen-bond acceptors (Lipinski definition) is 4. The Morgan fingerprint density at radius 2 is 1.65 bits per heavy atom. The molecule has 6 heteroatoms. The number of rotatable bonds is 8. The molecule has 0 aromatic heterocycles. The number of carbonyl (C=O) groups excluding carboxylic acids is 3. The lowest BCUT2D eigenvalue weighted by Crippen LogP contribution is -2.30. The number of Topliss-reactive ketones (excluding diaryl/α,β-unsaturated/α-hetero) is 1. The Balaban J connectivity index is 1.89. The zero-order chi connectivity index (χ0) is 19.1. The Kier molecular flexibility index (Phi) is 6.49. The van der Waals surface area contributed by atoms with Crippen LogP contribution in [0.4, 0.5) is 5.69 Å². The SMILES string of the molecule is CC(=O)CCc1ccc(O[C@H](C)C(=O)Nc2ccc(C(N)=O)cc2)cc1. The van der Waals surface area contributed by atoms with E-state index in [0.29, 0.717) is 29.8 Å². The molecule has 2 rings (SSSR count). The Bertz CT molecular complexity index is 782. The first-order chi connectivity index (χ1) is 12.3. The normalized spacial score (nSPS) is 11.5. The molecule has 6 nitrogen and oxygen atoms in total. The largest absolute Gasteiger partial charge is 0.481 e. The number of nitrogens with one attached hydrogen (secondary N) is 1. The van der Waals surface area contributed by atoms with Gasteiger partial charge in [0, 0.05) is 17.7 Å². The van der Waals surface area contributed by atoms with Crippen LogP contribution in [0.2, 0.25) is 0 Å². The average Bonchev–Trinajstić information content (AvgIpc) is 2.61. The van der Waals surface area contributed by atoms with Crippen molar-refractivity contribution in [2.45, 2.75) is 32.8 Å². The van der Waals surface area contributed by atoms with Crippen LogP contribution in [0.15, 0.2) is 48.5 Å². The second-order valence-electron chi connectivity index (χ2n) is 6.04. The van der Waals surface area contributed by atoms with Crippen molar-refractivity contribution in [1.29, 1.82) is 0 Å². The number of primary amides is 1. The third-order valence-electron chi connectivity index (χ3n) is 3.81. The molecule has 2 aromatic carbocycles. The summed E-state index contributed by atoms with van der Waals surface area (Å²) in [5.41, 5.74) is 7.14. The molecule has 2 amide bonds. The van der Waals surface area contributed by atoms with E-state index in [1.54, 1.807) is 50.2 Å².